The molecule has 3 atom stereocenters. The lowest BCUT2D eigenvalue weighted by atomic mass is 9.97. The number of hydrogen-bond donors (Lipinski definition) is 0. The van der Waals surface area contributed by atoms with Gasteiger partial charge in [-0.3, -0.25) is 9.69 Å². The largest absolute Gasteiger partial charge is 0.451 e. The number of hydrogen-bond acceptors (Lipinski definition) is 5. The van der Waals surface area contributed by atoms with E-state index in [1.807, 2.05) is 91.0 Å². The first-order valence-electron chi connectivity index (χ1n) is 11.1. The predicted molar refractivity (Wildman–Crippen MR) is 128 cm³/mol. The van der Waals surface area contributed by atoms with Crippen LogP contribution >= 0.6 is 0 Å². The minimum Gasteiger partial charge on any atom is -0.451 e. The summed E-state index contributed by atoms with van der Waals surface area (Å²) in [6.45, 7) is 5.68. The molecule has 6 nitrogen and oxygen atoms in total. The van der Waals surface area contributed by atoms with E-state index in [4.69, 9.17) is 9.47 Å². The van der Waals surface area contributed by atoms with Gasteiger partial charge in [0.05, 0.1) is 0 Å². The summed E-state index contributed by atoms with van der Waals surface area (Å²) < 4.78 is 12.0. The molecule has 1 amide bonds. The normalized spacial score (nSPS) is 19.5. The number of fused-ring (bicyclic) bond motifs is 1. The predicted octanol–water partition coefficient (Wildman–Crippen LogP) is 4.28. The second-order valence-corrected chi connectivity index (χ2v) is 8.39. The topological polar surface area (TPSA) is 68.2 Å². The molecule has 0 N–H and O–H groups in total. The smallest absolute Gasteiger partial charge is 0.334 e. The monoisotopic (exact) mass is 452 g/mol. The van der Waals surface area contributed by atoms with Crippen LogP contribution in [0.5, 0.6) is 0 Å². The van der Waals surface area contributed by atoms with Gasteiger partial charge in [0.2, 0.25) is 12.1 Å². The zero-order chi connectivity index (χ0) is 23.7. The Balaban J connectivity index is 1.39. The SMILES string of the molecule is C=C(C)[C@H](C(=O)OC(c1ccccc1)c1ccccc1)N1C(=O)[C@H]2N=C(c3ccccc3)O[C@@H]21. The molecule has 0 saturated carbocycles. The summed E-state index contributed by atoms with van der Waals surface area (Å²) in [6, 6.07) is 26.8. The summed E-state index contributed by atoms with van der Waals surface area (Å²) in [5.41, 5.74) is 2.95. The fourth-order valence-electron chi connectivity index (χ4n) is 4.30. The molecule has 2 heterocycles. The van der Waals surface area contributed by atoms with Crippen molar-refractivity contribution >= 4 is 17.8 Å². The van der Waals surface area contributed by atoms with Crippen molar-refractivity contribution in [3.05, 3.63) is 120 Å². The van der Waals surface area contributed by atoms with Gasteiger partial charge in [-0.1, -0.05) is 85.4 Å². The number of amides is 1. The Morgan fingerprint density at radius 3 is 2.00 bits per heavy atom. The molecule has 1 saturated heterocycles. The highest BCUT2D eigenvalue weighted by molar-refractivity contribution is 6.03. The average Bonchev–Trinajstić information content (AvgIpc) is 3.27. The van der Waals surface area contributed by atoms with Crippen LogP contribution in [-0.4, -0.2) is 41.0 Å². The van der Waals surface area contributed by atoms with Gasteiger partial charge in [0.1, 0.15) is 0 Å². The molecule has 2 aliphatic rings. The first-order valence-corrected chi connectivity index (χ1v) is 11.1. The molecular formula is C28H24N2O4. The van der Waals surface area contributed by atoms with Crippen LogP contribution in [0.2, 0.25) is 0 Å². The first kappa shape index (κ1) is 21.6. The zero-order valence-electron chi connectivity index (χ0n) is 18.7. The first-order chi connectivity index (χ1) is 16.5. The van der Waals surface area contributed by atoms with Gasteiger partial charge in [0, 0.05) is 5.56 Å². The van der Waals surface area contributed by atoms with E-state index in [1.54, 1.807) is 6.92 Å². The number of β-lactam (4-membered cyclic amide) rings is 1. The fourth-order valence-corrected chi connectivity index (χ4v) is 4.30. The van der Waals surface area contributed by atoms with Crippen molar-refractivity contribution < 1.29 is 19.1 Å². The van der Waals surface area contributed by atoms with Crippen molar-refractivity contribution in [2.75, 3.05) is 0 Å². The number of rotatable bonds is 7. The van der Waals surface area contributed by atoms with Crippen LogP contribution in [0.15, 0.2) is 108 Å². The van der Waals surface area contributed by atoms with Crippen molar-refractivity contribution in [1.82, 2.24) is 4.90 Å². The number of likely N-dealkylation sites (tertiary alicyclic amines) is 1. The van der Waals surface area contributed by atoms with E-state index >= 15 is 0 Å². The lowest BCUT2D eigenvalue weighted by molar-refractivity contribution is -0.178. The highest BCUT2D eigenvalue weighted by Crippen LogP contribution is 2.36. The van der Waals surface area contributed by atoms with Gasteiger partial charge >= 0.3 is 5.97 Å². The van der Waals surface area contributed by atoms with Gasteiger partial charge in [-0.2, -0.15) is 0 Å². The van der Waals surface area contributed by atoms with Crippen LogP contribution in [0.3, 0.4) is 0 Å². The number of esters is 1. The summed E-state index contributed by atoms with van der Waals surface area (Å²) >= 11 is 0. The van der Waals surface area contributed by atoms with Gasteiger partial charge in [-0.15, -0.1) is 0 Å². The van der Waals surface area contributed by atoms with Crippen LogP contribution in [-0.2, 0) is 19.1 Å². The summed E-state index contributed by atoms with van der Waals surface area (Å²) in [6.07, 6.45) is -1.28. The summed E-state index contributed by atoms with van der Waals surface area (Å²) in [7, 11) is 0. The molecule has 0 aliphatic carbocycles. The highest BCUT2D eigenvalue weighted by Gasteiger charge is 2.58. The number of aliphatic imine (C=N–C) groups is 1. The van der Waals surface area contributed by atoms with Crippen LogP contribution in [0.25, 0.3) is 0 Å². The highest BCUT2D eigenvalue weighted by atomic mass is 16.6. The van der Waals surface area contributed by atoms with Gasteiger partial charge in [0.15, 0.2) is 18.2 Å². The minimum atomic E-state index is -0.978. The lowest BCUT2D eigenvalue weighted by Crippen LogP contribution is -2.68. The number of benzene rings is 3. The molecule has 170 valence electrons. The molecule has 0 aromatic heterocycles. The van der Waals surface area contributed by atoms with E-state index in [0.717, 1.165) is 16.7 Å². The van der Waals surface area contributed by atoms with Crippen molar-refractivity contribution in [1.29, 1.82) is 0 Å². The number of carbonyl (C=O) groups is 2. The molecule has 1 fully saturated rings. The molecule has 0 bridgehead atoms. The zero-order valence-corrected chi connectivity index (χ0v) is 18.7. The quantitative estimate of drug-likeness (QED) is 0.305. The Labute approximate surface area is 198 Å². The molecule has 5 rings (SSSR count). The van der Waals surface area contributed by atoms with Crippen LogP contribution in [0.1, 0.15) is 29.7 Å². The molecule has 0 radical (unpaired) electrons. The fraction of sp³-hybridized carbons (Fsp3) is 0.179. The molecule has 0 spiro atoms. The molecule has 34 heavy (non-hydrogen) atoms. The van der Waals surface area contributed by atoms with Gasteiger partial charge in [0.25, 0.3) is 5.91 Å². The average molecular weight is 453 g/mol. The molecule has 2 aliphatic heterocycles. The number of carbonyl (C=O) groups excluding carboxylic acids is 2. The third-order valence-electron chi connectivity index (χ3n) is 5.97. The third kappa shape index (κ3) is 3.88. The van der Waals surface area contributed by atoms with Crippen molar-refractivity contribution in [2.45, 2.75) is 31.3 Å². The number of ether oxygens (including phenoxy) is 2. The number of nitrogens with zero attached hydrogens (tertiary/aromatic N) is 2. The summed E-state index contributed by atoms with van der Waals surface area (Å²) in [5, 5.41) is 0. The summed E-state index contributed by atoms with van der Waals surface area (Å²) in [4.78, 5) is 32.3. The van der Waals surface area contributed by atoms with Crippen molar-refractivity contribution in [3.8, 4) is 0 Å². The lowest BCUT2D eigenvalue weighted by Gasteiger charge is -2.44. The molecule has 6 heteroatoms. The second-order valence-electron chi connectivity index (χ2n) is 8.39. The summed E-state index contributed by atoms with van der Waals surface area (Å²) in [5.74, 6) is -0.447. The Hall–Kier alpha value is -4.19. The maximum absolute atomic E-state index is 13.5. The van der Waals surface area contributed by atoms with Crippen molar-refractivity contribution in [2.24, 2.45) is 4.99 Å². The second kappa shape index (κ2) is 8.98. The molecule has 3 aromatic carbocycles. The van der Waals surface area contributed by atoms with E-state index in [-0.39, 0.29) is 5.91 Å². The van der Waals surface area contributed by atoms with Gasteiger partial charge < -0.3 is 9.47 Å². The molecular weight excluding hydrogens is 428 g/mol. The van der Waals surface area contributed by atoms with Gasteiger partial charge in [-0.05, 0) is 35.8 Å². The van der Waals surface area contributed by atoms with E-state index in [1.165, 1.54) is 4.90 Å². The Bertz CT molecular complexity index is 1200. The maximum Gasteiger partial charge on any atom is 0.334 e. The molecule has 0 unspecified atom stereocenters. The maximum atomic E-state index is 13.5. The Morgan fingerprint density at radius 2 is 1.47 bits per heavy atom. The van der Waals surface area contributed by atoms with E-state index in [9.17, 15) is 9.59 Å². The van der Waals surface area contributed by atoms with Crippen LogP contribution in [0, 0.1) is 0 Å². The van der Waals surface area contributed by atoms with Crippen molar-refractivity contribution in [3.63, 3.8) is 0 Å². The van der Waals surface area contributed by atoms with E-state index in [2.05, 4.69) is 11.6 Å². The Kier molecular flexibility index (Phi) is 5.72. The van der Waals surface area contributed by atoms with E-state index in [0.29, 0.717) is 11.5 Å². The molecule has 3 aromatic rings. The van der Waals surface area contributed by atoms with E-state index < -0.39 is 30.4 Å². The standard InChI is InChI=1S/C28H24N2O4/c1-18(2)23(30-26(31)22-27(30)34-25(29-22)21-16-10-5-11-17-21)28(32)33-24(19-12-6-3-7-13-19)20-14-8-4-9-15-20/h3-17,22-24,27H,1H2,2H3/t22-,23-,27+/m1/s1. The van der Waals surface area contributed by atoms with Gasteiger partial charge in [-0.25, -0.2) is 9.79 Å². The van der Waals surface area contributed by atoms with Crippen LogP contribution in [0.4, 0.5) is 0 Å². The Morgan fingerprint density at radius 1 is 0.941 bits per heavy atom. The minimum absolute atomic E-state index is 0.281. The third-order valence-corrected chi connectivity index (χ3v) is 5.97. The van der Waals surface area contributed by atoms with Crippen LogP contribution < -0.4 is 0 Å².